The van der Waals surface area contributed by atoms with E-state index in [0.29, 0.717) is 12.1 Å². The van der Waals surface area contributed by atoms with Gasteiger partial charge in [-0.2, -0.15) is 5.10 Å². The van der Waals surface area contributed by atoms with Crippen LogP contribution in [0.3, 0.4) is 0 Å². The van der Waals surface area contributed by atoms with Crippen LogP contribution in [-0.2, 0) is 11.8 Å². The summed E-state index contributed by atoms with van der Waals surface area (Å²) in [6.45, 7) is 13.6. The lowest BCUT2D eigenvalue weighted by atomic mass is 10.1. The predicted molar refractivity (Wildman–Crippen MR) is 81.0 cm³/mol. The Morgan fingerprint density at radius 3 is 2.80 bits per heavy atom. The molecule has 1 aromatic heterocycles. The molecule has 1 fully saturated rings. The summed E-state index contributed by atoms with van der Waals surface area (Å²) in [5.41, 5.74) is 3.67. The summed E-state index contributed by atoms with van der Waals surface area (Å²) < 4.78 is 7.79. The first-order valence-electron chi connectivity index (χ1n) is 7.60. The molecule has 5 heteroatoms. The fourth-order valence-electron chi connectivity index (χ4n) is 3.02. The number of morpholine rings is 1. The van der Waals surface area contributed by atoms with Gasteiger partial charge in [0.15, 0.2) is 0 Å². The maximum atomic E-state index is 5.84. The van der Waals surface area contributed by atoms with Crippen LogP contribution in [0, 0.1) is 13.8 Å². The van der Waals surface area contributed by atoms with Crippen molar-refractivity contribution in [3.8, 4) is 0 Å². The quantitative estimate of drug-likeness (QED) is 0.885. The normalized spacial score (nSPS) is 22.1. The van der Waals surface area contributed by atoms with E-state index >= 15 is 0 Å². The standard InChI is InChI=1S/C15H28N4O/c1-6-19-7-8-20-14(10-19)9-16-11(2)15-12(3)17-18(5)13(15)4/h11,14,16H,6-10H2,1-5H3. The Hall–Kier alpha value is -0.910. The molecule has 0 spiro atoms. The van der Waals surface area contributed by atoms with Crippen LogP contribution in [0.25, 0.3) is 0 Å². The average molecular weight is 280 g/mol. The molecule has 1 aliphatic rings. The van der Waals surface area contributed by atoms with Gasteiger partial charge in [0.25, 0.3) is 0 Å². The second kappa shape index (κ2) is 6.70. The van der Waals surface area contributed by atoms with Crippen molar-refractivity contribution in [2.75, 3.05) is 32.8 Å². The highest BCUT2D eigenvalue weighted by Gasteiger charge is 2.21. The third-order valence-corrected chi connectivity index (χ3v) is 4.32. The summed E-state index contributed by atoms with van der Waals surface area (Å²) in [5, 5.41) is 8.09. The lowest BCUT2D eigenvalue weighted by molar-refractivity contribution is -0.0262. The molecule has 1 N–H and O–H groups in total. The van der Waals surface area contributed by atoms with E-state index in [1.165, 1.54) is 11.3 Å². The first kappa shape index (κ1) is 15.5. The van der Waals surface area contributed by atoms with Crippen molar-refractivity contribution in [1.29, 1.82) is 0 Å². The van der Waals surface area contributed by atoms with Crippen LogP contribution in [0.4, 0.5) is 0 Å². The smallest absolute Gasteiger partial charge is 0.0826 e. The van der Waals surface area contributed by atoms with Crippen LogP contribution in [0.1, 0.15) is 36.8 Å². The first-order chi connectivity index (χ1) is 9.52. The van der Waals surface area contributed by atoms with E-state index < -0.39 is 0 Å². The number of nitrogens with zero attached hydrogens (tertiary/aromatic N) is 3. The van der Waals surface area contributed by atoms with Crippen LogP contribution in [0.15, 0.2) is 0 Å². The zero-order chi connectivity index (χ0) is 14.7. The number of hydrogen-bond acceptors (Lipinski definition) is 4. The summed E-state index contributed by atoms with van der Waals surface area (Å²) in [5.74, 6) is 0. The van der Waals surface area contributed by atoms with Gasteiger partial charge >= 0.3 is 0 Å². The van der Waals surface area contributed by atoms with Crippen molar-refractivity contribution in [2.24, 2.45) is 7.05 Å². The molecule has 0 aliphatic carbocycles. The predicted octanol–water partition coefficient (Wildman–Crippen LogP) is 1.41. The molecule has 0 bridgehead atoms. The number of nitrogens with one attached hydrogen (secondary N) is 1. The van der Waals surface area contributed by atoms with E-state index in [2.05, 4.69) is 43.0 Å². The van der Waals surface area contributed by atoms with Crippen molar-refractivity contribution in [1.82, 2.24) is 20.0 Å². The van der Waals surface area contributed by atoms with E-state index in [0.717, 1.165) is 38.5 Å². The van der Waals surface area contributed by atoms with Gasteiger partial charge in [-0.25, -0.2) is 0 Å². The molecule has 20 heavy (non-hydrogen) atoms. The molecular weight excluding hydrogens is 252 g/mol. The Balaban J connectivity index is 1.90. The molecule has 2 unspecified atom stereocenters. The van der Waals surface area contributed by atoms with Crippen molar-refractivity contribution < 1.29 is 4.74 Å². The minimum Gasteiger partial charge on any atom is -0.374 e. The summed E-state index contributed by atoms with van der Waals surface area (Å²) in [6, 6.07) is 0.310. The summed E-state index contributed by atoms with van der Waals surface area (Å²) in [6.07, 6.45) is 0.295. The van der Waals surface area contributed by atoms with E-state index in [9.17, 15) is 0 Å². The Labute approximate surface area is 122 Å². The fourth-order valence-corrected chi connectivity index (χ4v) is 3.02. The Bertz CT molecular complexity index is 443. The highest BCUT2D eigenvalue weighted by molar-refractivity contribution is 5.27. The molecule has 2 atom stereocenters. The largest absolute Gasteiger partial charge is 0.374 e. The minimum absolute atomic E-state index is 0.295. The molecule has 0 aromatic carbocycles. The maximum absolute atomic E-state index is 5.84. The van der Waals surface area contributed by atoms with E-state index in [4.69, 9.17) is 4.74 Å². The van der Waals surface area contributed by atoms with Crippen LogP contribution < -0.4 is 5.32 Å². The van der Waals surface area contributed by atoms with Crippen molar-refractivity contribution in [3.63, 3.8) is 0 Å². The zero-order valence-corrected chi connectivity index (χ0v) is 13.4. The molecule has 1 aromatic rings. The van der Waals surface area contributed by atoms with Gasteiger partial charge in [0, 0.05) is 44.0 Å². The fraction of sp³-hybridized carbons (Fsp3) is 0.800. The Kier molecular flexibility index (Phi) is 5.18. The Morgan fingerprint density at radius 2 is 2.20 bits per heavy atom. The third kappa shape index (κ3) is 3.40. The van der Waals surface area contributed by atoms with Crippen molar-refractivity contribution in [3.05, 3.63) is 17.0 Å². The van der Waals surface area contributed by atoms with Gasteiger partial charge in [-0.05, 0) is 27.3 Å². The second-order valence-electron chi connectivity index (χ2n) is 5.72. The molecule has 0 radical (unpaired) electrons. The second-order valence-corrected chi connectivity index (χ2v) is 5.72. The topological polar surface area (TPSA) is 42.3 Å². The molecule has 1 saturated heterocycles. The zero-order valence-electron chi connectivity index (χ0n) is 13.4. The van der Waals surface area contributed by atoms with E-state index in [1.54, 1.807) is 0 Å². The number of hydrogen-bond donors (Lipinski definition) is 1. The third-order valence-electron chi connectivity index (χ3n) is 4.32. The van der Waals surface area contributed by atoms with Gasteiger partial charge < -0.3 is 10.1 Å². The van der Waals surface area contributed by atoms with Crippen LogP contribution in [0.5, 0.6) is 0 Å². The van der Waals surface area contributed by atoms with Crippen LogP contribution in [-0.4, -0.2) is 53.6 Å². The van der Waals surface area contributed by atoms with Crippen LogP contribution >= 0.6 is 0 Å². The van der Waals surface area contributed by atoms with E-state index in [1.807, 2.05) is 11.7 Å². The van der Waals surface area contributed by atoms with Gasteiger partial charge in [0.1, 0.15) is 0 Å². The van der Waals surface area contributed by atoms with Crippen molar-refractivity contribution in [2.45, 2.75) is 39.8 Å². The Morgan fingerprint density at radius 1 is 1.45 bits per heavy atom. The highest BCUT2D eigenvalue weighted by atomic mass is 16.5. The van der Waals surface area contributed by atoms with Crippen LogP contribution in [0.2, 0.25) is 0 Å². The highest BCUT2D eigenvalue weighted by Crippen LogP contribution is 2.20. The molecule has 2 heterocycles. The number of aryl methyl sites for hydroxylation is 2. The minimum atomic E-state index is 0.295. The molecule has 2 rings (SSSR count). The monoisotopic (exact) mass is 280 g/mol. The van der Waals surface area contributed by atoms with Gasteiger partial charge in [-0.1, -0.05) is 6.92 Å². The van der Waals surface area contributed by atoms with Gasteiger partial charge in [0.2, 0.25) is 0 Å². The maximum Gasteiger partial charge on any atom is 0.0826 e. The van der Waals surface area contributed by atoms with Crippen molar-refractivity contribution >= 4 is 0 Å². The molecule has 5 nitrogen and oxygen atoms in total. The van der Waals surface area contributed by atoms with Gasteiger partial charge in [-0.15, -0.1) is 0 Å². The molecule has 114 valence electrons. The lowest BCUT2D eigenvalue weighted by Crippen LogP contribution is -2.46. The number of likely N-dealkylation sites (N-methyl/N-ethyl adjacent to an activating group) is 1. The molecule has 0 saturated carbocycles. The van der Waals surface area contributed by atoms with E-state index in [-0.39, 0.29) is 0 Å². The van der Waals surface area contributed by atoms with Gasteiger partial charge in [0.05, 0.1) is 18.4 Å². The van der Waals surface area contributed by atoms with Gasteiger partial charge in [-0.3, -0.25) is 9.58 Å². The number of aromatic nitrogens is 2. The summed E-state index contributed by atoms with van der Waals surface area (Å²) in [7, 11) is 2.00. The molecule has 1 aliphatic heterocycles. The first-order valence-corrected chi connectivity index (χ1v) is 7.60. The summed E-state index contributed by atoms with van der Waals surface area (Å²) in [4.78, 5) is 2.45. The molecular formula is C15H28N4O. The summed E-state index contributed by atoms with van der Waals surface area (Å²) >= 11 is 0. The SMILES string of the molecule is CCN1CCOC(CNC(C)c2c(C)nn(C)c2C)C1. The number of ether oxygens (including phenoxy) is 1. The average Bonchev–Trinajstić information content (AvgIpc) is 2.70. The number of rotatable bonds is 5. The lowest BCUT2D eigenvalue weighted by Gasteiger charge is -2.32. The molecule has 0 amide bonds.